The Hall–Kier alpha value is -0.570. The molecule has 2 aliphatic rings. The van der Waals surface area contributed by atoms with Gasteiger partial charge in [0.1, 0.15) is 0 Å². The van der Waals surface area contributed by atoms with Crippen LogP contribution in [0.1, 0.15) is 46.0 Å². The molecule has 3 atom stereocenters. The smallest absolute Gasteiger partial charge is 0.305 e. The van der Waals surface area contributed by atoms with Crippen LogP contribution in [0.4, 0.5) is 0 Å². The molecule has 3 unspecified atom stereocenters. The second-order valence-electron chi connectivity index (χ2n) is 5.43. The molecule has 0 saturated heterocycles. The molecule has 2 rings (SSSR count). The maximum atomic E-state index is 11.1. The first-order valence-corrected chi connectivity index (χ1v) is 6.59. The average Bonchev–Trinajstić information content (AvgIpc) is 2.78. The first kappa shape index (κ1) is 11.9. The van der Waals surface area contributed by atoms with E-state index >= 15 is 0 Å². The molecule has 1 N–H and O–H groups in total. The second-order valence-corrected chi connectivity index (χ2v) is 5.43. The summed E-state index contributed by atoms with van der Waals surface area (Å²) in [4.78, 5) is 13.6. The Kier molecular flexibility index (Phi) is 3.24. The standard InChI is InChI=1S/C13H23NO2/c1-3-14(4-2)13(9-12(15)16)8-10-5-6-11(13)7-10/h10-11H,3-9H2,1-2H3,(H,15,16). The van der Waals surface area contributed by atoms with E-state index in [4.69, 9.17) is 0 Å². The van der Waals surface area contributed by atoms with E-state index in [-0.39, 0.29) is 5.54 Å². The topological polar surface area (TPSA) is 40.5 Å². The Morgan fingerprint density at radius 2 is 2.06 bits per heavy atom. The van der Waals surface area contributed by atoms with Gasteiger partial charge in [-0.25, -0.2) is 0 Å². The summed E-state index contributed by atoms with van der Waals surface area (Å²) in [5.41, 5.74) is -0.0156. The summed E-state index contributed by atoms with van der Waals surface area (Å²) < 4.78 is 0. The minimum absolute atomic E-state index is 0.0156. The molecule has 3 nitrogen and oxygen atoms in total. The summed E-state index contributed by atoms with van der Waals surface area (Å²) in [5.74, 6) is 0.804. The predicted molar refractivity (Wildman–Crippen MR) is 63.4 cm³/mol. The third-order valence-electron chi connectivity index (χ3n) is 4.79. The van der Waals surface area contributed by atoms with Crippen LogP contribution in [0, 0.1) is 11.8 Å². The SMILES string of the molecule is CCN(CC)C1(CC(=O)O)CC2CCC1C2. The van der Waals surface area contributed by atoms with Gasteiger partial charge in [0.25, 0.3) is 0 Å². The lowest BCUT2D eigenvalue weighted by Gasteiger charge is -2.45. The minimum Gasteiger partial charge on any atom is -0.481 e. The lowest BCUT2D eigenvalue weighted by Crippen LogP contribution is -2.53. The van der Waals surface area contributed by atoms with Crippen molar-refractivity contribution in [2.75, 3.05) is 13.1 Å². The first-order valence-electron chi connectivity index (χ1n) is 6.59. The van der Waals surface area contributed by atoms with Crippen LogP contribution in [-0.2, 0) is 4.79 Å². The highest BCUT2D eigenvalue weighted by Crippen LogP contribution is 2.54. The van der Waals surface area contributed by atoms with Gasteiger partial charge in [-0.2, -0.15) is 0 Å². The van der Waals surface area contributed by atoms with Crippen LogP contribution < -0.4 is 0 Å². The molecule has 0 aliphatic heterocycles. The van der Waals surface area contributed by atoms with Crippen LogP contribution in [0.2, 0.25) is 0 Å². The maximum absolute atomic E-state index is 11.1. The molecule has 0 aromatic heterocycles. The molecular formula is C13H23NO2. The number of rotatable bonds is 5. The number of fused-ring (bicyclic) bond motifs is 2. The molecule has 2 fully saturated rings. The van der Waals surface area contributed by atoms with Crippen LogP contribution >= 0.6 is 0 Å². The van der Waals surface area contributed by atoms with Crippen LogP contribution in [-0.4, -0.2) is 34.6 Å². The fraction of sp³-hybridized carbons (Fsp3) is 0.923. The van der Waals surface area contributed by atoms with E-state index in [9.17, 15) is 9.90 Å². The van der Waals surface area contributed by atoms with Gasteiger partial charge in [-0.1, -0.05) is 20.3 Å². The maximum Gasteiger partial charge on any atom is 0.305 e. The summed E-state index contributed by atoms with van der Waals surface area (Å²) in [7, 11) is 0. The molecule has 3 heteroatoms. The molecule has 16 heavy (non-hydrogen) atoms. The van der Waals surface area contributed by atoms with Gasteiger partial charge in [0.2, 0.25) is 0 Å². The van der Waals surface area contributed by atoms with Crippen LogP contribution in [0.3, 0.4) is 0 Å². The molecule has 0 radical (unpaired) electrons. The average molecular weight is 225 g/mol. The first-order chi connectivity index (χ1) is 7.62. The lowest BCUT2D eigenvalue weighted by atomic mass is 9.77. The molecular weight excluding hydrogens is 202 g/mol. The van der Waals surface area contributed by atoms with Crippen molar-refractivity contribution in [1.82, 2.24) is 4.90 Å². The van der Waals surface area contributed by atoms with E-state index in [2.05, 4.69) is 18.7 Å². The van der Waals surface area contributed by atoms with E-state index in [0.717, 1.165) is 25.4 Å². The van der Waals surface area contributed by atoms with Gasteiger partial charge in [0, 0.05) is 5.54 Å². The highest BCUT2D eigenvalue weighted by atomic mass is 16.4. The van der Waals surface area contributed by atoms with Gasteiger partial charge in [-0.3, -0.25) is 9.69 Å². The van der Waals surface area contributed by atoms with E-state index in [1.165, 1.54) is 19.3 Å². The van der Waals surface area contributed by atoms with Crippen molar-refractivity contribution in [2.45, 2.75) is 51.5 Å². The molecule has 0 heterocycles. The van der Waals surface area contributed by atoms with Gasteiger partial charge < -0.3 is 5.11 Å². The van der Waals surface area contributed by atoms with Crippen molar-refractivity contribution in [2.24, 2.45) is 11.8 Å². The van der Waals surface area contributed by atoms with E-state index in [0.29, 0.717) is 12.3 Å². The molecule has 2 bridgehead atoms. The van der Waals surface area contributed by atoms with Crippen molar-refractivity contribution >= 4 is 5.97 Å². The van der Waals surface area contributed by atoms with Crippen molar-refractivity contribution in [3.8, 4) is 0 Å². The molecule has 2 aliphatic carbocycles. The Morgan fingerprint density at radius 3 is 2.44 bits per heavy atom. The van der Waals surface area contributed by atoms with Crippen molar-refractivity contribution in [3.63, 3.8) is 0 Å². The van der Waals surface area contributed by atoms with Crippen molar-refractivity contribution in [3.05, 3.63) is 0 Å². The summed E-state index contributed by atoms with van der Waals surface area (Å²) in [6.45, 7) is 6.26. The largest absolute Gasteiger partial charge is 0.481 e. The zero-order chi connectivity index (χ0) is 11.8. The normalized spacial score (nSPS) is 37.2. The summed E-state index contributed by atoms with van der Waals surface area (Å²) >= 11 is 0. The van der Waals surface area contributed by atoms with Gasteiger partial charge in [0.15, 0.2) is 0 Å². The van der Waals surface area contributed by atoms with Crippen molar-refractivity contribution in [1.29, 1.82) is 0 Å². The minimum atomic E-state index is -0.626. The zero-order valence-electron chi connectivity index (χ0n) is 10.4. The molecule has 0 aromatic carbocycles. The van der Waals surface area contributed by atoms with Gasteiger partial charge in [-0.05, 0) is 44.2 Å². The van der Waals surface area contributed by atoms with Gasteiger partial charge in [-0.15, -0.1) is 0 Å². The van der Waals surface area contributed by atoms with Gasteiger partial charge >= 0.3 is 5.97 Å². The quantitative estimate of drug-likeness (QED) is 0.781. The molecule has 0 spiro atoms. The van der Waals surface area contributed by atoms with E-state index < -0.39 is 5.97 Å². The molecule has 2 saturated carbocycles. The Morgan fingerprint density at radius 1 is 1.38 bits per heavy atom. The predicted octanol–water partition coefficient (Wildman–Crippen LogP) is 2.36. The second kappa shape index (κ2) is 4.36. The third kappa shape index (κ3) is 1.75. The van der Waals surface area contributed by atoms with Crippen LogP contribution in [0.15, 0.2) is 0 Å². The number of carbonyl (C=O) groups is 1. The highest BCUT2D eigenvalue weighted by Gasteiger charge is 2.54. The van der Waals surface area contributed by atoms with Crippen molar-refractivity contribution < 1.29 is 9.90 Å². The van der Waals surface area contributed by atoms with Crippen LogP contribution in [0.5, 0.6) is 0 Å². The van der Waals surface area contributed by atoms with E-state index in [1.54, 1.807) is 0 Å². The Labute approximate surface area is 97.8 Å². The number of nitrogens with zero attached hydrogens (tertiary/aromatic N) is 1. The van der Waals surface area contributed by atoms with Crippen LogP contribution in [0.25, 0.3) is 0 Å². The summed E-state index contributed by atoms with van der Waals surface area (Å²) in [6.07, 6.45) is 5.30. The molecule has 92 valence electrons. The number of carboxylic acid groups (broad SMARTS) is 1. The summed E-state index contributed by atoms with van der Waals surface area (Å²) in [6, 6.07) is 0. The molecule has 0 aromatic rings. The zero-order valence-corrected chi connectivity index (χ0v) is 10.4. The summed E-state index contributed by atoms with van der Waals surface area (Å²) in [5, 5.41) is 9.18. The Balaban J connectivity index is 2.22. The number of hydrogen-bond acceptors (Lipinski definition) is 2. The van der Waals surface area contributed by atoms with Gasteiger partial charge in [0.05, 0.1) is 6.42 Å². The molecule has 0 amide bonds. The Bertz CT molecular complexity index is 275. The number of aliphatic carboxylic acids is 1. The monoisotopic (exact) mass is 225 g/mol. The number of hydrogen-bond donors (Lipinski definition) is 1. The van der Waals surface area contributed by atoms with E-state index in [1.807, 2.05) is 0 Å². The highest BCUT2D eigenvalue weighted by molar-refractivity contribution is 5.68. The lowest BCUT2D eigenvalue weighted by molar-refractivity contribution is -0.141. The fourth-order valence-electron chi connectivity index (χ4n) is 4.25. The fourth-order valence-corrected chi connectivity index (χ4v) is 4.25. The number of carboxylic acids is 1. The third-order valence-corrected chi connectivity index (χ3v) is 4.79.